The van der Waals surface area contributed by atoms with E-state index in [0.29, 0.717) is 29.4 Å². The van der Waals surface area contributed by atoms with Crippen molar-refractivity contribution in [3.63, 3.8) is 0 Å². The first-order chi connectivity index (χ1) is 12.0. The van der Waals surface area contributed by atoms with Gasteiger partial charge in [-0.1, -0.05) is 18.5 Å². The zero-order valence-electron chi connectivity index (χ0n) is 14.4. The molecule has 0 aliphatic heterocycles. The average Bonchev–Trinajstić information content (AvgIpc) is 3.06. The maximum absolute atomic E-state index is 12.2. The Bertz CT molecular complexity index is 742. The molecule has 0 bridgehead atoms. The van der Waals surface area contributed by atoms with Crippen LogP contribution in [0.15, 0.2) is 28.8 Å². The number of hydrogen-bond donors (Lipinski definition) is 2. The summed E-state index contributed by atoms with van der Waals surface area (Å²) in [5.41, 5.74) is 5.45. The number of methoxy groups -OCH3 is 1. The van der Waals surface area contributed by atoms with Crippen molar-refractivity contribution in [3.05, 3.63) is 41.3 Å². The van der Waals surface area contributed by atoms with E-state index in [1.165, 1.54) is 13.2 Å². The monoisotopic (exact) mass is 347 g/mol. The Hall–Kier alpha value is -3.03. The first-order valence-electron chi connectivity index (χ1n) is 7.90. The van der Waals surface area contributed by atoms with Crippen LogP contribution in [0.5, 0.6) is 11.5 Å². The lowest BCUT2D eigenvalue weighted by Gasteiger charge is -2.12. The smallest absolute Gasteiger partial charge is 0.308 e. The summed E-state index contributed by atoms with van der Waals surface area (Å²) in [7, 11) is 1.50. The molecule has 134 valence electrons. The molecular weight excluding hydrogens is 326 g/mol. The standard InChI is InChI=1S/C17H21N3O5/c1-4-5-8-24-13-7-6-12(10-14(13)23-3)16(21)18-19-17(22)15-9-11(2)20-25-15/h6-7,9-10H,4-5,8H2,1-3H3,(H,18,21)(H,19,22). The van der Waals surface area contributed by atoms with Gasteiger partial charge in [-0.15, -0.1) is 0 Å². The summed E-state index contributed by atoms with van der Waals surface area (Å²) < 4.78 is 15.7. The number of amides is 2. The van der Waals surface area contributed by atoms with Crippen molar-refractivity contribution in [2.75, 3.05) is 13.7 Å². The molecule has 0 saturated carbocycles. The average molecular weight is 347 g/mol. The van der Waals surface area contributed by atoms with Crippen LogP contribution in [0.2, 0.25) is 0 Å². The Morgan fingerprint density at radius 3 is 2.56 bits per heavy atom. The molecule has 0 saturated heterocycles. The number of hydrogen-bond acceptors (Lipinski definition) is 6. The van der Waals surface area contributed by atoms with Crippen LogP contribution in [0.3, 0.4) is 0 Å². The number of ether oxygens (including phenoxy) is 2. The molecule has 0 unspecified atom stereocenters. The Balaban J connectivity index is 1.97. The fourth-order valence-electron chi connectivity index (χ4n) is 1.97. The predicted molar refractivity (Wildman–Crippen MR) is 89.6 cm³/mol. The lowest BCUT2D eigenvalue weighted by Crippen LogP contribution is -2.41. The summed E-state index contributed by atoms with van der Waals surface area (Å²) in [4.78, 5) is 24.0. The summed E-state index contributed by atoms with van der Waals surface area (Å²) in [5, 5.41) is 3.61. The fourth-order valence-corrected chi connectivity index (χ4v) is 1.97. The van der Waals surface area contributed by atoms with E-state index in [0.717, 1.165) is 12.8 Å². The maximum Gasteiger partial charge on any atom is 0.308 e. The van der Waals surface area contributed by atoms with E-state index >= 15 is 0 Å². The number of hydrazine groups is 1. The molecule has 0 aliphatic carbocycles. The molecule has 1 heterocycles. The highest BCUT2D eigenvalue weighted by atomic mass is 16.5. The van der Waals surface area contributed by atoms with Crippen molar-refractivity contribution in [1.82, 2.24) is 16.0 Å². The van der Waals surface area contributed by atoms with Gasteiger partial charge >= 0.3 is 5.91 Å². The summed E-state index contributed by atoms with van der Waals surface area (Å²) in [6.45, 7) is 4.34. The largest absolute Gasteiger partial charge is 0.493 e. The molecule has 2 aromatic rings. The van der Waals surface area contributed by atoms with Gasteiger partial charge in [0, 0.05) is 11.6 Å². The molecule has 1 aromatic carbocycles. The van der Waals surface area contributed by atoms with E-state index < -0.39 is 11.8 Å². The highest BCUT2D eigenvalue weighted by molar-refractivity contribution is 5.98. The number of benzene rings is 1. The van der Waals surface area contributed by atoms with Gasteiger partial charge in [-0.05, 0) is 31.5 Å². The van der Waals surface area contributed by atoms with Gasteiger partial charge in [-0.2, -0.15) is 0 Å². The van der Waals surface area contributed by atoms with Gasteiger partial charge in [0.25, 0.3) is 5.91 Å². The van der Waals surface area contributed by atoms with Gasteiger partial charge in [-0.25, -0.2) is 0 Å². The summed E-state index contributed by atoms with van der Waals surface area (Å²) >= 11 is 0. The van der Waals surface area contributed by atoms with Crippen molar-refractivity contribution < 1.29 is 23.6 Å². The zero-order chi connectivity index (χ0) is 18.2. The number of unbranched alkanes of at least 4 members (excludes halogenated alkanes) is 1. The van der Waals surface area contributed by atoms with Crippen molar-refractivity contribution in [2.24, 2.45) is 0 Å². The number of carbonyl (C=O) groups is 2. The summed E-state index contributed by atoms with van der Waals surface area (Å²) in [6.07, 6.45) is 1.95. The van der Waals surface area contributed by atoms with Crippen molar-refractivity contribution in [2.45, 2.75) is 26.7 Å². The Morgan fingerprint density at radius 2 is 1.92 bits per heavy atom. The van der Waals surface area contributed by atoms with E-state index in [9.17, 15) is 9.59 Å². The molecule has 0 aliphatic rings. The molecule has 0 fully saturated rings. The SMILES string of the molecule is CCCCOc1ccc(C(=O)NNC(=O)c2cc(C)no2)cc1OC. The number of aromatic nitrogens is 1. The molecule has 2 rings (SSSR count). The molecule has 25 heavy (non-hydrogen) atoms. The Labute approximate surface area is 145 Å². The molecular formula is C17H21N3O5. The highest BCUT2D eigenvalue weighted by Gasteiger charge is 2.15. The number of rotatable bonds is 7. The molecule has 8 nitrogen and oxygen atoms in total. The van der Waals surface area contributed by atoms with Crippen LogP contribution in [0.4, 0.5) is 0 Å². The lowest BCUT2D eigenvalue weighted by molar-refractivity contribution is 0.0825. The molecule has 1 aromatic heterocycles. The minimum absolute atomic E-state index is 0.00931. The van der Waals surface area contributed by atoms with Crippen molar-refractivity contribution >= 4 is 11.8 Å². The van der Waals surface area contributed by atoms with Crippen molar-refractivity contribution in [1.29, 1.82) is 0 Å². The number of nitrogens with one attached hydrogen (secondary N) is 2. The van der Waals surface area contributed by atoms with Gasteiger partial charge in [0.05, 0.1) is 19.4 Å². The topological polar surface area (TPSA) is 103 Å². The van der Waals surface area contributed by atoms with E-state index in [2.05, 4.69) is 22.9 Å². The molecule has 0 radical (unpaired) electrons. The van der Waals surface area contributed by atoms with Crippen LogP contribution in [0.25, 0.3) is 0 Å². The summed E-state index contributed by atoms with van der Waals surface area (Å²) in [5.74, 6) is -0.0758. The third kappa shape index (κ3) is 4.97. The van der Waals surface area contributed by atoms with Gasteiger partial charge in [0.2, 0.25) is 5.76 Å². The second kappa shape index (κ2) is 8.72. The van der Waals surface area contributed by atoms with E-state index in [4.69, 9.17) is 14.0 Å². The fraction of sp³-hybridized carbons (Fsp3) is 0.353. The lowest BCUT2D eigenvalue weighted by atomic mass is 10.2. The van der Waals surface area contributed by atoms with Gasteiger partial charge in [0.1, 0.15) is 0 Å². The van der Waals surface area contributed by atoms with Crippen LogP contribution in [-0.4, -0.2) is 30.7 Å². The number of aryl methyl sites for hydroxylation is 1. The third-order valence-corrected chi connectivity index (χ3v) is 3.32. The highest BCUT2D eigenvalue weighted by Crippen LogP contribution is 2.28. The quantitative estimate of drug-likeness (QED) is 0.588. The molecule has 2 N–H and O–H groups in total. The van der Waals surface area contributed by atoms with Crippen LogP contribution in [0, 0.1) is 6.92 Å². The number of carbonyl (C=O) groups excluding carboxylic acids is 2. The minimum Gasteiger partial charge on any atom is -0.493 e. The number of nitrogens with zero attached hydrogens (tertiary/aromatic N) is 1. The predicted octanol–water partition coefficient (Wildman–Crippen LogP) is 2.25. The minimum atomic E-state index is -0.597. The maximum atomic E-state index is 12.2. The van der Waals surface area contributed by atoms with Crippen molar-refractivity contribution in [3.8, 4) is 11.5 Å². The van der Waals surface area contributed by atoms with Crippen LogP contribution in [0.1, 0.15) is 46.4 Å². The second-order valence-corrected chi connectivity index (χ2v) is 5.31. The van der Waals surface area contributed by atoms with Crippen LogP contribution in [-0.2, 0) is 0 Å². The first-order valence-corrected chi connectivity index (χ1v) is 7.90. The molecule has 0 spiro atoms. The summed E-state index contributed by atoms with van der Waals surface area (Å²) in [6, 6.07) is 6.25. The van der Waals surface area contributed by atoms with Gasteiger partial charge in [0.15, 0.2) is 11.5 Å². The zero-order valence-corrected chi connectivity index (χ0v) is 14.4. The van der Waals surface area contributed by atoms with E-state index in [-0.39, 0.29) is 5.76 Å². The van der Waals surface area contributed by atoms with Crippen LogP contribution < -0.4 is 20.3 Å². The Kier molecular flexibility index (Phi) is 6.39. The Morgan fingerprint density at radius 1 is 1.16 bits per heavy atom. The molecule has 0 atom stereocenters. The van der Waals surface area contributed by atoms with Gasteiger partial charge in [-0.3, -0.25) is 20.4 Å². The second-order valence-electron chi connectivity index (χ2n) is 5.31. The molecule has 2 amide bonds. The van der Waals surface area contributed by atoms with Gasteiger partial charge < -0.3 is 14.0 Å². The van der Waals surface area contributed by atoms with Crippen LogP contribution >= 0.6 is 0 Å². The normalized spacial score (nSPS) is 10.2. The van der Waals surface area contributed by atoms with E-state index in [1.807, 2.05) is 0 Å². The third-order valence-electron chi connectivity index (χ3n) is 3.32. The van der Waals surface area contributed by atoms with E-state index in [1.54, 1.807) is 25.1 Å². The molecule has 8 heteroatoms. The first kappa shape index (κ1) is 18.3.